The Kier molecular flexibility index (Phi) is 16.5. The Balaban J connectivity index is 1.71. The van der Waals surface area contributed by atoms with Gasteiger partial charge in [0.25, 0.3) is 30.4 Å². The summed E-state index contributed by atoms with van der Waals surface area (Å²) in [5.74, 6) is -1.12. The topological polar surface area (TPSA) is 282 Å². The summed E-state index contributed by atoms with van der Waals surface area (Å²) in [6, 6.07) is 8.32. The van der Waals surface area contributed by atoms with E-state index in [1.165, 1.54) is 24.3 Å². The summed E-state index contributed by atoms with van der Waals surface area (Å²) in [6.07, 6.45) is 12.6. The van der Waals surface area contributed by atoms with E-state index in [1.54, 1.807) is 42.2 Å². The van der Waals surface area contributed by atoms with Gasteiger partial charge in [0.05, 0.1) is 26.7 Å². The van der Waals surface area contributed by atoms with E-state index in [4.69, 9.17) is 5.73 Å². The van der Waals surface area contributed by atoms with Gasteiger partial charge in [0.15, 0.2) is 5.71 Å². The van der Waals surface area contributed by atoms with Crippen LogP contribution in [-0.2, 0) is 56.1 Å². The Morgan fingerprint density at radius 2 is 1.46 bits per heavy atom. The van der Waals surface area contributed by atoms with Crippen molar-refractivity contribution in [2.45, 2.75) is 99.2 Å². The van der Waals surface area contributed by atoms with Gasteiger partial charge in [0, 0.05) is 60.4 Å². The van der Waals surface area contributed by atoms with Gasteiger partial charge in [-0.15, -0.1) is 0 Å². The van der Waals surface area contributed by atoms with Crippen LogP contribution < -0.4 is 16.0 Å². The molecule has 0 bridgehead atoms. The number of nitrogens with zero attached hydrogens (tertiary/aromatic N) is 2. The van der Waals surface area contributed by atoms with Gasteiger partial charge in [0.2, 0.25) is 11.6 Å². The Labute approximate surface area is 359 Å². The van der Waals surface area contributed by atoms with Crippen LogP contribution in [0.15, 0.2) is 82.3 Å². The van der Waals surface area contributed by atoms with Crippen molar-refractivity contribution in [1.29, 1.82) is 0 Å². The molecule has 2 aromatic carbocycles. The van der Waals surface area contributed by atoms with Gasteiger partial charge in [-0.2, -0.15) is 29.8 Å². The zero-order valence-corrected chi connectivity index (χ0v) is 37.8. The van der Waals surface area contributed by atoms with E-state index in [9.17, 15) is 56.7 Å². The molecular formula is C40H56N4O13S4. The molecular weight excluding hydrogens is 873 g/mol. The molecule has 2 aliphatic heterocycles. The minimum Gasteiger partial charge on any atom is -0.744 e. The molecule has 21 heteroatoms. The number of hydrogen-bond donors (Lipinski definition) is 5. The lowest BCUT2D eigenvalue weighted by Crippen LogP contribution is -2.30. The summed E-state index contributed by atoms with van der Waals surface area (Å²) >= 11 is 0. The Bertz CT molecular complexity index is 2530. The van der Waals surface area contributed by atoms with Gasteiger partial charge in [-0.1, -0.05) is 24.6 Å². The van der Waals surface area contributed by atoms with Crippen LogP contribution in [0.5, 0.6) is 0 Å². The molecule has 1 amide bonds. The zero-order chi connectivity index (χ0) is 45.4. The molecule has 338 valence electrons. The maximum Gasteiger partial charge on any atom is 0.294 e. The van der Waals surface area contributed by atoms with Crippen molar-refractivity contribution in [3.63, 3.8) is 0 Å². The number of carbonyl (C=O) groups is 1. The first-order valence-electron chi connectivity index (χ1n) is 19.9. The number of nitrogens with one attached hydrogen (secondary N) is 1. The fraction of sp³-hybridized carbons (Fsp3) is 0.500. The van der Waals surface area contributed by atoms with Crippen molar-refractivity contribution >= 4 is 63.5 Å². The number of benzene rings is 2. The predicted molar refractivity (Wildman–Crippen MR) is 231 cm³/mol. The standard InChI is InChI=1S/C40H56N4O13S4/c1-39(2)32-28-30(60(52,53)54)17-19-34(32)43(24-10-5-8-16-38(45)42-23-12-22-41)36(39)14-6-4-7-15-37-40(3,21-9-11-26-58(46,47)48)33-29-31(61(55,56)57)18-20-35(33)44(37)25-13-27-59(49,50)51/h4,6-7,14-15,17-20,28-29H,5,8-13,16,21-27,41H2,1-3H3,(H4-,42,45,46,47,48,49,50,51,52,53,54,55,56,57). The first-order valence-corrected chi connectivity index (χ1v) is 25.9. The molecule has 17 nitrogen and oxygen atoms in total. The first-order chi connectivity index (χ1) is 28.3. The molecule has 0 spiro atoms. The monoisotopic (exact) mass is 928 g/mol. The lowest BCUT2D eigenvalue weighted by atomic mass is 9.77. The minimum absolute atomic E-state index is 0.0231. The largest absolute Gasteiger partial charge is 0.744 e. The van der Waals surface area contributed by atoms with Crippen molar-refractivity contribution in [3.05, 3.63) is 83.6 Å². The SMILES string of the molecule is CC1(C)C(C=CC=CC=C2N(CCCS(=O)(=O)O)c3ccc(S(=O)(=O)[O-])cc3C2(C)CCCCS(=O)(=O)O)=[N+](CCCCCC(=O)NCCCN)c2ccc(S(=O)(=O)O)cc21. The van der Waals surface area contributed by atoms with E-state index in [2.05, 4.69) is 9.89 Å². The maximum atomic E-state index is 12.2. The third kappa shape index (κ3) is 13.4. The third-order valence-corrected chi connectivity index (χ3v) is 14.3. The molecule has 0 saturated heterocycles. The maximum absolute atomic E-state index is 12.2. The van der Waals surface area contributed by atoms with Gasteiger partial charge < -0.3 is 20.5 Å². The van der Waals surface area contributed by atoms with Crippen LogP contribution in [0.25, 0.3) is 0 Å². The number of rotatable bonds is 23. The molecule has 0 saturated carbocycles. The van der Waals surface area contributed by atoms with E-state index in [1.807, 2.05) is 19.9 Å². The summed E-state index contributed by atoms with van der Waals surface area (Å²) in [4.78, 5) is 13.2. The van der Waals surface area contributed by atoms with Gasteiger partial charge in [0.1, 0.15) is 16.7 Å². The quantitative estimate of drug-likeness (QED) is 0.0448. The molecule has 0 aromatic heterocycles. The van der Waals surface area contributed by atoms with E-state index < -0.39 is 67.7 Å². The molecule has 0 fully saturated rings. The summed E-state index contributed by atoms with van der Waals surface area (Å²) in [5, 5.41) is 2.85. The van der Waals surface area contributed by atoms with E-state index in [0.717, 1.165) is 23.9 Å². The number of allylic oxidation sites excluding steroid dienone is 6. The fourth-order valence-electron chi connectivity index (χ4n) is 7.92. The second-order valence-corrected chi connectivity index (χ2v) is 21.9. The van der Waals surface area contributed by atoms with E-state index in [-0.39, 0.29) is 43.0 Å². The van der Waals surface area contributed by atoms with Crippen LogP contribution in [0.2, 0.25) is 0 Å². The van der Waals surface area contributed by atoms with Gasteiger partial charge in [-0.3, -0.25) is 18.5 Å². The number of carbonyl (C=O) groups excluding carboxylic acids is 1. The van der Waals surface area contributed by atoms with Gasteiger partial charge >= 0.3 is 0 Å². The lowest BCUT2D eigenvalue weighted by Gasteiger charge is -2.30. The second-order valence-electron chi connectivity index (χ2n) is 15.9. The fourth-order valence-corrected chi connectivity index (χ4v) is 9.99. The Hall–Kier alpha value is -3.80. The summed E-state index contributed by atoms with van der Waals surface area (Å²) in [5.41, 5.74) is 7.51. The molecule has 4 rings (SSSR count). The summed E-state index contributed by atoms with van der Waals surface area (Å²) < 4.78 is 138. The van der Waals surface area contributed by atoms with E-state index >= 15 is 0 Å². The second kappa shape index (κ2) is 20.1. The van der Waals surface area contributed by atoms with Crippen LogP contribution in [0.4, 0.5) is 11.4 Å². The highest BCUT2D eigenvalue weighted by Gasteiger charge is 2.45. The third-order valence-electron chi connectivity index (χ3n) is 11.0. The van der Waals surface area contributed by atoms with Gasteiger partial charge in [-0.05, 0) is 108 Å². The molecule has 2 heterocycles. The van der Waals surface area contributed by atoms with Crippen LogP contribution in [0.3, 0.4) is 0 Å². The highest BCUT2D eigenvalue weighted by Crippen LogP contribution is 2.51. The Morgan fingerprint density at radius 1 is 0.803 bits per heavy atom. The highest BCUT2D eigenvalue weighted by molar-refractivity contribution is 7.86. The van der Waals surface area contributed by atoms with Gasteiger partial charge in [-0.25, -0.2) is 8.42 Å². The van der Waals surface area contributed by atoms with Crippen molar-refractivity contribution in [2.75, 3.05) is 42.6 Å². The highest BCUT2D eigenvalue weighted by atomic mass is 32.2. The predicted octanol–water partition coefficient (Wildman–Crippen LogP) is 4.35. The number of nitrogens with two attached hydrogens (primary N) is 1. The zero-order valence-electron chi connectivity index (χ0n) is 34.5. The van der Waals surface area contributed by atoms with Crippen LogP contribution in [0, 0.1) is 0 Å². The number of hydrogen-bond acceptors (Lipinski definition) is 12. The van der Waals surface area contributed by atoms with Crippen molar-refractivity contribution in [2.24, 2.45) is 5.73 Å². The number of unbranched alkanes of at least 4 members (excludes halogenated alkanes) is 3. The molecule has 61 heavy (non-hydrogen) atoms. The molecule has 0 radical (unpaired) electrons. The normalized spacial score (nSPS) is 18.8. The molecule has 0 aliphatic carbocycles. The van der Waals surface area contributed by atoms with Crippen LogP contribution >= 0.6 is 0 Å². The van der Waals surface area contributed by atoms with Crippen molar-refractivity contribution < 1.29 is 61.3 Å². The van der Waals surface area contributed by atoms with E-state index in [0.29, 0.717) is 67.8 Å². The first kappa shape index (κ1) is 49.9. The number of anilines is 1. The van der Waals surface area contributed by atoms with Crippen molar-refractivity contribution in [3.8, 4) is 0 Å². The molecule has 1 atom stereocenters. The molecule has 2 aromatic rings. The average Bonchev–Trinajstić information content (AvgIpc) is 3.50. The minimum atomic E-state index is -4.89. The van der Waals surface area contributed by atoms with Crippen LogP contribution in [0.1, 0.15) is 89.7 Å². The molecule has 2 aliphatic rings. The average molecular weight is 929 g/mol. The molecule has 6 N–H and O–H groups in total. The molecule has 1 unspecified atom stereocenters. The number of amides is 1. The lowest BCUT2D eigenvalue weighted by molar-refractivity contribution is -0.438. The number of fused-ring (bicyclic) bond motifs is 2. The summed E-state index contributed by atoms with van der Waals surface area (Å²) in [7, 11) is -18.0. The Morgan fingerprint density at radius 3 is 2.10 bits per heavy atom. The summed E-state index contributed by atoms with van der Waals surface area (Å²) in [6.45, 7) is 7.27. The smallest absolute Gasteiger partial charge is 0.294 e. The van der Waals surface area contributed by atoms with Crippen LogP contribution in [-0.4, -0.2) is 106 Å². The van der Waals surface area contributed by atoms with Crippen molar-refractivity contribution in [1.82, 2.24) is 5.32 Å².